The summed E-state index contributed by atoms with van der Waals surface area (Å²) in [4.78, 5) is 14.9. The Bertz CT molecular complexity index is 894. The molecule has 24 heavy (non-hydrogen) atoms. The second-order valence-corrected chi connectivity index (χ2v) is 7.02. The van der Waals surface area contributed by atoms with E-state index in [-0.39, 0.29) is 17.1 Å². The largest absolute Gasteiger partial charge is 0.322 e. The molecular weight excluding hydrogens is 321 g/mol. The molecule has 4 heteroatoms. The first-order valence-electron chi connectivity index (χ1n) is 7.89. The van der Waals surface area contributed by atoms with Crippen LogP contribution < -0.4 is 0 Å². The molecule has 1 fully saturated rings. The molecule has 2 nitrogen and oxygen atoms in total. The molecule has 0 spiro atoms. The standard InChI is InChI=1S/C20H16FNOS/c21-18-9-7-15(8-10-18)20-22(11-12-24-20)19(23)17-6-5-14-3-1-2-4-16(14)13-17/h1-10,13,20H,11-12H2/t20-/m1/s1. The van der Waals surface area contributed by atoms with Gasteiger partial charge in [0.2, 0.25) is 0 Å². The number of carbonyl (C=O) groups is 1. The van der Waals surface area contributed by atoms with Crippen LogP contribution in [0.5, 0.6) is 0 Å². The van der Waals surface area contributed by atoms with E-state index in [1.165, 1.54) is 12.1 Å². The molecule has 0 aromatic heterocycles. The normalized spacial score (nSPS) is 17.4. The van der Waals surface area contributed by atoms with Gasteiger partial charge in [-0.25, -0.2) is 4.39 Å². The van der Waals surface area contributed by atoms with Gasteiger partial charge >= 0.3 is 0 Å². The third-order valence-corrected chi connectivity index (χ3v) is 5.56. The third-order valence-electron chi connectivity index (χ3n) is 4.30. The molecule has 1 aliphatic heterocycles. The molecule has 0 radical (unpaired) electrons. The molecule has 1 amide bonds. The van der Waals surface area contributed by atoms with Crippen LogP contribution >= 0.6 is 11.8 Å². The first kappa shape index (κ1) is 15.2. The molecular formula is C20H16FNOS. The molecule has 0 unspecified atom stereocenters. The summed E-state index contributed by atoms with van der Waals surface area (Å²) in [7, 11) is 0. The molecule has 1 aliphatic rings. The Kier molecular flexibility index (Phi) is 3.98. The quantitative estimate of drug-likeness (QED) is 0.665. The highest BCUT2D eigenvalue weighted by atomic mass is 32.2. The summed E-state index contributed by atoms with van der Waals surface area (Å²) in [6, 6.07) is 20.3. The third kappa shape index (κ3) is 2.78. The number of hydrogen-bond acceptors (Lipinski definition) is 2. The lowest BCUT2D eigenvalue weighted by Gasteiger charge is -2.24. The number of rotatable bonds is 2. The highest BCUT2D eigenvalue weighted by Gasteiger charge is 2.31. The molecule has 0 saturated carbocycles. The van der Waals surface area contributed by atoms with Gasteiger partial charge in [0.05, 0.1) is 0 Å². The lowest BCUT2D eigenvalue weighted by Crippen LogP contribution is -2.30. The minimum Gasteiger partial charge on any atom is -0.322 e. The molecule has 3 aromatic rings. The van der Waals surface area contributed by atoms with Gasteiger partial charge in [-0.1, -0.05) is 42.5 Å². The maximum Gasteiger partial charge on any atom is 0.255 e. The number of benzene rings is 3. The fourth-order valence-electron chi connectivity index (χ4n) is 3.07. The van der Waals surface area contributed by atoms with Gasteiger partial charge in [0.25, 0.3) is 5.91 Å². The minimum atomic E-state index is -0.255. The van der Waals surface area contributed by atoms with E-state index in [0.717, 1.165) is 22.1 Å². The average molecular weight is 337 g/mol. The van der Waals surface area contributed by atoms with Crippen molar-refractivity contribution in [2.75, 3.05) is 12.3 Å². The van der Waals surface area contributed by atoms with Crippen molar-refractivity contribution in [3.63, 3.8) is 0 Å². The van der Waals surface area contributed by atoms with Crippen LogP contribution in [0.2, 0.25) is 0 Å². The second kappa shape index (κ2) is 6.29. The molecule has 1 saturated heterocycles. The second-order valence-electron chi connectivity index (χ2n) is 5.84. The molecule has 1 heterocycles. The molecule has 0 N–H and O–H groups in total. The Morgan fingerprint density at radius 2 is 1.75 bits per heavy atom. The number of halogens is 1. The van der Waals surface area contributed by atoms with E-state index in [2.05, 4.69) is 0 Å². The van der Waals surface area contributed by atoms with E-state index in [4.69, 9.17) is 0 Å². The molecule has 1 atom stereocenters. The van der Waals surface area contributed by atoms with Crippen molar-refractivity contribution < 1.29 is 9.18 Å². The van der Waals surface area contributed by atoms with E-state index in [0.29, 0.717) is 12.1 Å². The van der Waals surface area contributed by atoms with Gasteiger partial charge in [0.15, 0.2) is 0 Å². The van der Waals surface area contributed by atoms with Crippen molar-refractivity contribution in [2.24, 2.45) is 0 Å². The maximum atomic E-state index is 13.2. The van der Waals surface area contributed by atoms with Crippen LogP contribution in [0, 0.1) is 5.82 Å². The van der Waals surface area contributed by atoms with Crippen molar-refractivity contribution in [2.45, 2.75) is 5.37 Å². The summed E-state index contributed by atoms with van der Waals surface area (Å²) in [5.41, 5.74) is 1.66. The van der Waals surface area contributed by atoms with Crippen LogP contribution in [0.25, 0.3) is 10.8 Å². The molecule has 0 bridgehead atoms. The van der Waals surface area contributed by atoms with E-state index in [9.17, 15) is 9.18 Å². The van der Waals surface area contributed by atoms with Gasteiger partial charge in [-0.05, 0) is 40.6 Å². The van der Waals surface area contributed by atoms with Gasteiger partial charge in [-0.15, -0.1) is 11.8 Å². The smallest absolute Gasteiger partial charge is 0.255 e. The number of fused-ring (bicyclic) bond motifs is 1. The first-order valence-corrected chi connectivity index (χ1v) is 8.94. The SMILES string of the molecule is O=C(c1ccc2ccccc2c1)N1CCS[C@@H]1c1ccc(F)cc1. The van der Waals surface area contributed by atoms with Crippen LogP contribution in [0.15, 0.2) is 66.7 Å². The van der Waals surface area contributed by atoms with Crippen LogP contribution in [-0.2, 0) is 0 Å². The van der Waals surface area contributed by atoms with Crippen LogP contribution in [0.1, 0.15) is 21.3 Å². The monoisotopic (exact) mass is 337 g/mol. The molecule has 0 aliphatic carbocycles. The van der Waals surface area contributed by atoms with Gasteiger partial charge < -0.3 is 4.90 Å². The molecule has 4 rings (SSSR count). The van der Waals surface area contributed by atoms with Crippen LogP contribution in [-0.4, -0.2) is 23.1 Å². The number of amides is 1. The first-order chi connectivity index (χ1) is 11.7. The number of hydrogen-bond donors (Lipinski definition) is 0. The van der Waals surface area contributed by atoms with E-state index in [1.54, 1.807) is 23.9 Å². The number of carbonyl (C=O) groups excluding carboxylic acids is 1. The zero-order valence-electron chi connectivity index (χ0n) is 13.0. The lowest BCUT2D eigenvalue weighted by atomic mass is 10.1. The Hall–Kier alpha value is -2.33. The Morgan fingerprint density at radius 1 is 1.00 bits per heavy atom. The minimum absolute atomic E-state index is 0.0279. The Balaban J connectivity index is 1.65. The predicted octanol–water partition coefficient (Wildman–Crippen LogP) is 4.87. The zero-order chi connectivity index (χ0) is 16.5. The highest BCUT2D eigenvalue weighted by molar-refractivity contribution is 7.99. The zero-order valence-corrected chi connectivity index (χ0v) is 13.8. The Labute approximate surface area is 144 Å². The van der Waals surface area contributed by atoms with E-state index >= 15 is 0 Å². The van der Waals surface area contributed by atoms with Crippen molar-refractivity contribution in [1.29, 1.82) is 0 Å². The van der Waals surface area contributed by atoms with Crippen LogP contribution in [0.3, 0.4) is 0 Å². The van der Waals surface area contributed by atoms with Gasteiger partial charge in [-0.3, -0.25) is 4.79 Å². The van der Waals surface area contributed by atoms with Crippen molar-refractivity contribution in [3.8, 4) is 0 Å². The maximum absolute atomic E-state index is 13.2. The number of thioether (sulfide) groups is 1. The summed E-state index contributed by atoms with van der Waals surface area (Å²) in [5, 5.41) is 2.14. The topological polar surface area (TPSA) is 20.3 Å². The van der Waals surface area contributed by atoms with Gasteiger partial charge in [0.1, 0.15) is 11.2 Å². The Morgan fingerprint density at radius 3 is 2.54 bits per heavy atom. The molecule has 120 valence electrons. The highest BCUT2D eigenvalue weighted by Crippen LogP contribution is 2.38. The van der Waals surface area contributed by atoms with Gasteiger partial charge in [-0.2, -0.15) is 0 Å². The summed E-state index contributed by atoms with van der Waals surface area (Å²) in [6.07, 6.45) is 0. The summed E-state index contributed by atoms with van der Waals surface area (Å²) < 4.78 is 13.2. The molecule has 3 aromatic carbocycles. The average Bonchev–Trinajstić information content (AvgIpc) is 3.11. The fourth-order valence-corrected chi connectivity index (χ4v) is 4.33. The van der Waals surface area contributed by atoms with E-state index in [1.807, 2.05) is 47.4 Å². The number of nitrogens with zero attached hydrogens (tertiary/aromatic N) is 1. The van der Waals surface area contributed by atoms with E-state index < -0.39 is 0 Å². The summed E-state index contributed by atoms with van der Waals surface area (Å²) >= 11 is 1.72. The summed E-state index contributed by atoms with van der Waals surface area (Å²) in [6.45, 7) is 0.707. The van der Waals surface area contributed by atoms with Gasteiger partial charge in [0, 0.05) is 17.9 Å². The predicted molar refractivity (Wildman–Crippen MR) is 96.6 cm³/mol. The van der Waals surface area contributed by atoms with Crippen molar-refractivity contribution in [3.05, 3.63) is 83.7 Å². The lowest BCUT2D eigenvalue weighted by molar-refractivity contribution is 0.0760. The van der Waals surface area contributed by atoms with Crippen molar-refractivity contribution >= 4 is 28.4 Å². The van der Waals surface area contributed by atoms with Crippen molar-refractivity contribution in [1.82, 2.24) is 4.90 Å². The fraction of sp³-hybridized carbons (Fsp3) is 0.150. The summed E-state index contributed by atoms with van der Waals surface area (Å²) in [5.74, 6) is 0.663. The van der Waals surface area contributed by atoms with Crippen LogP contribution in [0.4, 0.5) is 4.39 Å².